The molecule has 110 valence electrons. The molecule has 21 heavy (non-hydrogen) atoms. The van der Waals surface area contributed by atoms with E-state index in [-0.39, 0.29) is 11.9 Å². The van der Waals surface area contributed by atoms with E-state index in [4.69, 9.17) is 5.73 Å². The van der Waals surface area contributed by atoms with Crippen LogP contribution < -0.4 is 11.1 Å². The highest BCUT2D eigenvalue weighted by molar-refractivity contribution is 5.95. The summed E-state index contributed by atoms with van der Waals surface area (Å²) in [5, 5.41) is 3.37. The van der Waals surface area contributed by atoms with E-state index < -0.39 is 5.91 Å². The number of amides is 1. The van der Waals surface area contributed by atoms with Crippen LogP contribution in [0.25, 0.3) is 0 Å². The molecule has 0 heterocycles. The van der Waals surface area contributed by atoms with Gasteiger partial charge in [-0.3, -0.25) is 4.79 Å². The number of nitrogens with two attached hydrogens (primary N) is 1. The third-order valence-corrected chi connectivity index (χ3v) is 3.46. The molecule has 1 atom stereocenters. The van der Waals surface area contributed by atoms with Gasteiger partial charge in [-0.2, -0.15) is 0 Å². The summed E-state index contributed by atoms with van der Waals surface area (Å²) in [4.78, 5) is 11.3. The van der Waals surface area contributed by atoms with E-state index in [1.807, 2.05) is 19.9 Å². The van der Waals surface area contributed by atoms with Crippen LogP contribution in [0.2, 0.25) is 0 Å². The van der Waals surface area contributed by atoms with Gasteiger partial charge in [0.2, 0.25) is 5.91 Å². The molecule has 0 saturated heterocycles. The van der Waals surface area contributed by atoms with Gasteiger partial charge in [-0.05, 0) is 55.7 Å². The number of anilines is 1. The zero-order chi connectivity index (χ0) is 15.4. The standard InChI is InChI=1S/C17H19FN2O/c1-11(10-13-6-8-14(18)9-7-13)20-16-5-3-4-15(12(16)2)17(19)21/h3-9,11,20H,10H2,1-2H3,(H2,19,21). The van der Waals surface area contributed by atoms with Gasteiger partial charge in [0.15, 0.2) is 0 Å². The van der Waals surface area contributed by atoms with Crippen LogP contribution in [-0.2, 0) is 6.42 Å². The van der Waals surface area contributed by atoms with Gasteiger partial charge in [-0.15, -0.1) is 0 Å². The maximum absolute atomic E-state index is 12.9. The molecule has 0 aliphatic rings. The predicted molar refractivity (Wildman–Crippen MR) is 82.9 cm³/mol. The third kappa shape index (κ3) is 3.81. The van der Waals surface area contributed by atoms with E-state index in [9.17, 15) is 9.18 Å². The van der Waals surface area contributed by atoms with E-state index in [1.54, 1.807) is 24.3 Å². The van der Waals surface area contributed by atoms with Crippen molar-refractivity contribution in [1.82, 2.24) is 0 Å². The van der Waals surface area contributed by atoms with Crippen molar-refractivity contribution in [2.45, 2.75) is 26.3 Å². The Kier molecular flexibility index (Phi) is 4.58. The fourth-order valence-electron chi connectivity index (χ4n) is 2.35. The number of rotatable bonds is 5. The van der Waals surface area contributed by atoms with Gasteiger partial charge < -0.3 is 11.1 Å². The first-order valence-corrected chi connectivity index (χ1v) is 6.87. The van der Waals surface area contributed by atoms with Crippen LogP contribution >= 0.6 is 0 Å². The third-order valence-electron chi connectivity index (χ3n) is 3.46. The summed E-state index contributed by atoms with van der Waals surface area (Å²) >= 11 is 0. The highest BCUT2D eigenvalue weighted by Gasteiger charge is 2.10. The quantitative estimate of drug-likeness (QED) is 0.886. The van der Waals surface area contributed by atoms with E-state index >= 15 is 0 Å². The zero-order valence-corrected chi connectivity index (χ0v) is 12.2. The summed E-state index contributed by atoms with van der Waals surface area (Å²) in [6, 6.07) is 12.1. The van der Waals surface area contributed by atoms with Crippen molar-refractivity contribution in [3.8, 4) is 0 Å². The first kappa shape index (κ1) is 15.0. The minimum atomic E-state index is -0.428. The Bertz CT molecular complexity index is 638. The van der Waals surface area contributed by atoms with Crippen molar-refractivity contribution >= 4 is 11.6 Å². The molecule has 2 aromatic carbocycles. The molecule has 0 radical (unpaired) electrons. The molecule has 3 N–H and O–H groups in total. The lowest BCUT2D eigenvalue weighted by atomic mass is 10.0. The summed E-state index contributed by atoms with van der Waals surface area (Å²) < 4.78 is 12.9. The highest BCUT2D eigenvalue weighted by Crippen LogP contribution is 2.20. The molecule has 0 spiro atoms. The molecule has 0 aliphatic carbocycles. The second kappa shape index (κ2) is 6.39. The Labute approximate surface area is 124 Å². The summed E-state index contributed by atoms with van der Waals surface area (Å²) in [6.45, 7) is 3.91. The molecular formula is C17H19FN2O. The number of hydrogen-bond donors (Lipinski definition) is 2. The van der Waals surface area contributed by atoms with E-state index in [1.165, 1.54) is 12.1 Å². The Hall–Kier alpha value is -2.36. The smallest absolute Gasteiger partial charge is 0.249 e. The minimum Gasteiger partial charge on any atom is -0.382 e. The number of nitrogens with one attached hydrogen (secondary N) is 1. The molecule has 0 aliphatic heterocycles. The number of hydrogen-bond acceptors (Lipinski definition) is 2. The van der Waals surface area contributed by atoms with Crippen LogP contribution in [0.4, 0.5) is 10.1 Å². The van der Waals surface area contributed by atoms with E-state index in [2.05, 4.69) is 5.32 Å². The van der Waals surface area contributed by atoms with Crippen molar-refractivity contribution in [1.29, 1.82) is 0 Å². The van der Waals surface area contributed by atoms with Gasteiger partial charge in [-0.1, -0.05) is 18.2 Å². The Morgan fingerprint density at radius 1 is 1.24 bits per heavy atom. The molecule has 3 nitrogen and oxygen atoms in total. The number of halogens is 1. The van der Waals surface area contributed by atoms with Crippen LogP contribution in [-0.4, -0.2) is 11.9 Å². The Morgan fingerprint density at radius 3 is 2.52 bits per heavy atom. The molecule has 1 amide bonds. The van der Waals surface area contributed by atoms with Crippen LogP contribution in [0.3, 0.4) is 0 Å². The average Bonchev–Trinajstić information content (AvgIpc) is 2.43. The maximum atomic E-state index is 12.9. The normalized spacial score (nSPS) is 12.0. The molecule has 1 unspecified atom stereocenters. The van der Waals surface area contributed by atoms with Crippen LogP contribution in [0.5, 0.6) is 0 Å². The lowest BCUT2D eigenvalue weighted by molar-refractivity contribution is 0.0999. The number of carbonyl (C=O) groups is 1. The van der Waals surface area contributed by atoms with Gasteiger partial charge in [0.25, 0.3) is 0 Å². The second-order valence-corrected chi connectivity index (χ2v) is 5.22. The molecule has 0 saturated carbocycles. The minimum absolute atomic E-state index is 0.150. The summed E-state index contributed by atoms with van der Waals surface area (Å²) in [5.41, 5.74) is 8.66. The summed E-state index contributed by atoms with van der Waals surface area (Å²) in [7, 11) is 0. The number of carbonyl (C=O) groups excluding carboxylic acids is 1. The average molecular weight is 286 g/mol. The van der Waals surface area contributed by atoms with Gasteiger partial charge >= 0.3 is 0 Å². The topological polar surface area (TPSA) is 55.1 Å². The van der Waals surface area contributed by atoms with Crippen molar-refractivity contribution < 1.29 is 9.18 Å². The van der Waals surface area contributed by atoms with Gasteiger partial charge in [0.1, 0.15) is 5.82 Å². The van der Waals surface area contributed by atoms with E-state index in [0.717, 1.165) is 23.2 Å². The lowest BCUT2D eigenvalue weighted by Gasteiger charge is -2.18. The van der Waals surface area contributed by atoms with Crippen molar-refractivity contribution in [3.05, 3.63) is 65.0 Å². The Morgan fingerprint density at radius 2 is 1.90 bits per heavy atom. The van der Waals surface area contributed by atoms with Gasteiger partial charge in [-0.25, -0.2) is 4.39 Å². The summed E-state index contributed by atoms with van der Waals surface area (Å²) in [5.74, 6) is -0.660. The lowest BCUT2D eigenvalue weighted by Crippen LogP contribution is -2.20. The monoisotopic (exact) mass is 286 g/mol. The van der Waals surface area contributed by atoms with Gasteiger partial charge in [0, 0.05) is 17.3 Å². The SMILES string of the molecule is Cc1c(NC(C)Cc2ccc(F)cc2)cccc1C(N)=O. The predicted octanol–water partition coefficient (Wildman–Crippen LogP) is 3.28. The maximum Gasteiger partial charge on any atom is 0.249 e. The van der Waals surface area contributed by atoms with Crippen molar-refractivity contribution in [2.75, 3.05) is 5.32 Å². The molecule has 4 heteroatoms. The van der Waals surface area contributed by atoms with E-state index in [0.29, 0.717) is 5.56 Å². The fraction of sp³-hybridized carbons (Fsp3) is 0.235. The van der Waals surface area contributed by atoms with Gasteiger partial charge in [0.05, 0.1) is 0 Å². The largest absolute Gasteiger partial charge is 0.382 e. The molecule has 0 fully saturated rings. The number of benzene rings is 2. The Balaban J connectivity index is 2.09. The van der Waals surface area contributed by atoms with Crippen LogP contribution in [0.1, 0.15) is 28.4 Å². The fourth-order valence-corrected chi connectivity index (χ4v) is 2.35. The number of primary amides is 1. The highest BCUT2D eigenvalue weighted by atomic mass is 19.1. The molecular weight excluding hydrogens is 267 g/mol. The van der Waals surface area contributed by atoms with Crippen molar-refractivity contribution in [2.24, 2.45) is 5.73 Å². The van der Waals surface area contributed by atoms with Crippen LogP contribution in [0, 0.1) is 12.7 Å². The first-order valence-electron chi connectivity index (χ1n) is 6.87. The zero-order valence-electron chi connectivity index (χ0n) is 12.2. The summed E-state index contributed by atoms with van der Waals surface area (Å²) in [6.07, 6.45) is 0.764. The molecule has 0 aromatic heterocycles. The second-order valence-electron chi connectivity index (χ2n) is 5.22. The molecule has 2 aromatic rings. The first-order chi connectivity index (χ1) is 9.97. The van der Waals surface area contributed by atoms with Crippen molar-refractivity contribution in [3.63, 3.8) is 0 Å². The molecule has 2 rings (SSSR count). The molecule has 0 bridgehead atoms. The van der Waals surface area contributed by atoms with Crippen LogP contribution in [0.15, 0.2) is 42.5 Å².